The zero-order valence-electron chi connectivity index (χ0n) is 22.2. The first-order valence-electron chi connectivity index (χ1n) is 13.5. The Kier molecular flexibility index (Phi) is 7.59. The van der Waals surface area contributed by atoms with Crippen LogP contribution in [0.4, 0.5) is 5.13 Å². The maximum Gasteiger partial charge on any atom is 0.257 e. The summed E-state index contributed by atoms with van der Waals surface area (Å²) in [4.78, 5) is 38.4. The standard InChI is InChI=1S/C28H37ClN4O4S/c1-16-6-10-33(11-7-16)23(36)13-18-24-19(14-20-27(18,2)8-4-21(35)28(20,3)15-34)38-26(31-24)32-25(37)17-5-9-30-22(29)12-17/h5,9,12,16,18,20-21,34-35H,4,6-8,10-11,13-15H2,1-3H3,(H,31,32,37)/t18-,20+,21-,27+,28+/m1/s1. The second kappa shape index (κ2) is 10.5. The van der Waals surface area contributed by atoms with Crippen LogP contribution in [0, 0.1) is 22.7 Å². The quantitative estimate of drug-likeness (QED) is 0.463. The number of thiazole rings is 1. The van der Waals surface area contributed by atoms with Crippen LogP contribution < -0.4 is 5.32 Å². The van der Waals surface area contributed by atoms with E-state index < -0.39 is 11.5 Å². The number of hydrogen-bond acceptors (Lipinski definition) is 7. The second-order valence-electron chi connectivity index (χ2n) is 11.9. The Morgan fingerprint density at radius 3 is 2.68 bits per heavy atom. The van der Waals surface area contributed by atoms with E-state index in [1.54, 1.807) is 6.07 Å². The van der Waals surface area contributed by atoms with E-state index in [2.05, 4.69) is 24.1 Å². The molecule has 3 aliphatic rings. The normalized spacial score (nSPS) is 31.4. The van der Waals surface area contributed by atoms with Gasteiger partial charge >= 0.3 is 0 Å². The molecule has 0 unspecified atom stereocenters. The number of anilines is 1. The Morgan fingerprint density at radius 2 is 2.00 bits per heavy atom. The molecule has 3 N–H and O–H groups in total. The number of nitrogens with zero attached hydrogens (tertiary/aromatic N) is 3. The molecule has 8 nitrogen and oxygen atoms in total. The highest BCUT2D eigenvalue weighted by Crippen LogP contribution is 2.63. The van der Waals surface area contributed by atoms with Crippen molar-refractivity contribution in [3.05, 3.63) is 39.6 Å². The number of halogens is 1. The molecular formula is C28H37ClN4O4S. The molecule has 1 saturated heterocycles. The number of aliphatic hydroxyl groups is 2. The van der Waals surface area contributed by atoms with Crippen molar-refractivity contribution in [2.24, 2.45) is 22.7 Å². The van der Waals surface area contributed by atoms with Gasteiger partial charge in [-0.15, -0.1) is 11.3 Å². The minimum absolute atomic E-state index is 0.0292. The smallest absolute Gasteiger partial charge is 0.257 e. The van der Waals surface area contributed by atoms with Crippen molar-refractivity contribution >= 4 is 39.9 Å². The van der Waals surface area contributed by atoms with Crippen LogP contribution in [-0.4, -0.2) is 62.7 Å². The number of piperidine rings is 1. The predicted octanol–water partition coefficient (Wildman–Crippen LogP) is 4.51. The summed E-state index contributed by atoms with van der Waals surface area (Å²) in [5.74, 6) is 0.246. The molecule has 0 radical (unpaired) electrons. The third-order valence-electron chi connectivity index (χ3n) is 9.62. The molecule has 2 aliphatic carbocycles. The monoisotopic (exact) mass is 560 g/mol. The van der Waals surface area contributed by atoms with Crippen molar-refractivity contribution in [3.63, 3.8) is 0 Å². The molecule has 2 aromatic rings. The predicted molar refractivity (Wildman–Crippen MR) is 147 cm³/mol. The highest BCUT2D eigenvalue weighted by Gasteiger charge is 2.59. The number of amides is 2. The summed E-state index contributed by atoms with van der Waals surface area (Å²) >= 11 is 7.39. The number of nitrogens with one attached hydrogen (secondary N) is 1. The molecule has 2 amide bonds. The van der Waals surface area contributed by atoms with Crippen LogP contribution in [0.15, 0.2) is 18.3 Å². The molecule has 2 aromatic heterocycles. The van der Waals surface area contributed by atoms with Gasteiger partial charge in [-0.1, -0.05) is 32.4 Å². The number of carbonyl (C=O) groups excluding carboxylic acids is 2. The lowest BCUT2D eigenvalue weighted by atomic mass is 9.47. The molecule has 1 saturated carbocycles. The largest absolute Gasteiger partial charge is 0.396 e. The van der Waals surface area contributed by atoms with Crippen molar-refractivity contribution < 1.29 is 19.8 Å². The fourth-order valence-electron chi connectivity index (χ4n) is 6.97. The summed E-state index contributed by atoms with van der Waals surface area (Å²) < 4.78 is 0. The summed E-state index contributed by atoms with van der Waals surface area (Å²) in [6.07, 6.45) is 5.20. The molecule has 0 bridgehead atoms. The van der Waals surface area contributed by atoms with Crippen molar-refractivity contribution in [3.8, 4) is 0 Å². The number of hydrogen-bond donors (Lipinski definition) is 3. The minimum atomic E-state index is -0.687. The summed E-state index contributed by atoms with van der Waals surface area (Å²) in [5, 5.41) is 25.1. The van der Waals surface area contributed by atoms with Crippen molar-refractivity contribution in [1.82, 2.24) is 14.9 Å². The maximum absolute atomic E-state index is 13.6. The molecule has 10 heteroatoms. The van der Waals surface area contributed by atoms with Gasteiger partial charge in [0.05, 0.1) is 18.4 Å². The molecule has 206 valence electrons. The first-order chi connectivity index (χ1) is 18.0. The minimum Gasteiger partial charge on any atom is -0.396 e. The van der Waals surface area contributed by atoms with E-state index in [4.69, 9.17) is 16.6 Å². The molecule has 3 heterocycles. The third-order valence-corrected chi connectivity index (χ3v) is 10.8. The number of fused-ring (bicyclic) bond motifs is 2. The molecule has 5 atom stereocenters. The second-order valence-corrected chi connectivity index (χ2v) is 13.4. The number of pyridine rings is 1. The van der Waals surface area contributed by atoms with Crippen LogP contribution in [0.1, 0.15) is 79.7 Å². The number of rotatable bonds is 5. The molecule has 5 rings (SSSR count). The van der Waals surface area contributed by atoms with E-state index in [1.807, 2.05) is 11.8 Å². The Bertz CT molecular complexity index is 1220. The number of aromatic nitrogens is 2. The van der Waals surface area contributed by atoms with E-state index in [-0.39, 0.29) is 40.8 Å². The summed E-state index contributed by atoms with van der Waals surface area (Å²) in [6, 6.07) is 3.11. The van der Waals surface area contributed by atoms with Gasteiger partial charge in [-0.2, -0.15) is 0 Å². The van der Waals surface area contributed by atoms with Crippen LogP contribution in [0.2, 0.25) is 5.15 Å². The van der Waals surface area contributed by atoms with E-state index in [0.29, 0.717) is 35.9 Å². The summed E-state index contributed by atoms with van der Waals surface area (Å²) in [6.45, 7) is 7.83. The van der Waals surface area contributed by atoms with Crippen LogP contribution in [-0.2, 0) is 11.2 Å². The van der Waals surface area contributed by atoms with E-state index in [9.17, 15) is 19.8 Å². The lowest BCUT2D eigenvalue weighted by Crippen LogP contribution is -2.57. The zero-order chi connectivity index (χ0) is 27.2. The lowest BCUT2D eigenvalue weighted by molar-refractivity contribution is -0.147. The molecule has 0 spiro atoms. The molecule has 0 aromatic carbocycles. The van der Waals surface area contributed by atoms with Crippen LogP contribution in [0.25, 0.3) is 0 Å². The molecule has 2 fully saturated rings. The zero-order valence-corrected chi connectivity index (χ0v) is 23.8. The van der Waals surface area contributed by atoms with Crippen molar-refractivity contribution in [1.29, 1.82) is 0 Å². The van der Waals surface area contributed by atoms with Gasteiger partial charge < -0.3 is 15.1 Å². The number of aliphatic hydroxyl groups excluding tert-OH is 2. The van der Waals surface area contributed by atoms with E-state index in [0.717, 1.165) is 42.9 Å². The topological polar surface area (TPSA) is 116 Å². The van der Waals surface area contributed by atoms with Gasteiger partial charge in [0.2, 0.25) is 5.91 Å². The number of likely N-dealkylation sites (tertiary alicyclic amines) is 1. The van der Waals surface area contributed by atoms with Crippen molar-refractivity contribution in [2.75, 3.05) is 25.0 Å². The van der Waals surface area contributed by atoms with Gasteiger partial charge in [0, 0.05) is 47.5 Å². The Balaban J connectivity index is 1.48. The maximum atomic E-state index is 13.6. The van der Waals surface area contributed by atoms with Crippen molar-refractivity contribution in [2.45, 2.75) is 71.3 Å². The van der Waals surface area contributed by atoms with Gasteiger partial charge in [0.1, 0.15) is 5.15 Å². The molecule has 38 heavy (non-hydrogen) atoms. The SMILES string of the molecule is CC1CCN(C(=O)C[C@@H]2c3nc(NC(=O)c4ccnc(Cl)c4)sc3C[C@@H]3[C@](C)(CO)[C@H](O)CC[C@]32C)CC1. The van der Waals surface area contributed by atoms with Gasteiger partial charge in [-0.3, -0.25) is 14.9 Å². The van der Waals surface area contributed by atoms with Gasteiger partial charge in [0.15, 0.2) is 5.13 Å². The Morgan fingerprint density at radius 1 is 1.26 bits per heavy atom. The Hall–Kier alpha value is -2.07. The van der Waals surface area contributed by atoms with Crippen LogP contribution >= 0.6 is 22.9 Å². The fraction of sp³-hybridized carbons (Fsp3) is 0.643. The van der Waals surface area contributed by atoms with Gasteiger partial charge in [-0.25, -0.2) is 9.97 Å². The fourth-order valence-corrected chi connectivity index (χ4v) is 8.21. The number of carbonyl (C=O) groups is 2. The summed E-state index contributed by atoms with van der Waals surface area (Å²) in [5.41, 5.74) is 0.248. The summed E-state index contributed by atoms with van der Waals surface area (Å²) in [7, 11) is 0. The first kappa shape index (κ1) is 27.5. The van der Waals surface area contributed by atoms with Crippen LogP contribution in [0.5, 0.6) is 0 Å². The van der Waals surface area contributed by atoms with E-state index in [1.165, 1.54) is 23.6 Å². The average molecular weight is 561 g/mol. The van der Waals surface area contributed by atoms with Gasteiger partial charge in [0.25, 0.3) is 5.91 Å². The third kappa shape index (κ3) is 4.87. The first-order valence-corrected chi connectivity index (χ1v) is 14.7. The van der Waals surface area contributed by atoms with Crippen LogP contribution in [0.3, 0.4) is 0 Å². The molecular weight excluding hydrogens is 524 g/mol. The lowest BCUT2D eigenvalue weighted by Gasteiger charge is -2.58. The highest BCUT2D eigenvalue weighted by molar-refractivity contribution is 7.15. The highest BCUT2D eigenvalue weighted by atomic mass is 35.5. The average Bonchev–Trinajstić information content (AvgIpc) is 3.30. The van der Waals surface area contributed by atoms with Gasteiger partial charge in [-0.05, 0) is 61.5 Å². The molecule has 1 aliphatic heterocycles. The van der Waals surface area contributed by atoms with E-state index >= 15 is 0 Å². The Labute approximate surface area is 232 Å².